The lowest BCUT2D eigenvalue weighted by molar-refractivity contribution is 1.48. The van der Waals surface area contributed by atoms with Gasteiger partial charge < -0.3 is 4.98 Å². The van der Waals surface area contributed by atoms with Crippen LogP contribution in [0.2, 0.25) is 0 Å². The smallest absolute Gasteiger partial charge is 0.0453 e. The average molecular weight is 393 g/mol. The number of rotatable bonds is 3. The van der Waals surface area contributed by atoms with Crippen LogP contribution in [0, 0.1) is 6.92 Å². The van der Waals surface area contributed by atoms with E-state index in [1.807, 2.05) is 18.3 Å². The van der Waals surface area contributed by atoms with Crippen molar-refractivity contribution in [2.75, 3.05) is 0 Å². The Balaban J connectivity index is 0.000000188. The summed E-state index contributed by atoms with van der Waals surface area (Å²) in [5.74, 6) is 0. The first-order valence-corrected chi connectivity index (χ1v) is 11.1. The highest BCUT2D eigenvalue weighted by atomic mass is 31.1. The van der Waals surface area contributed by atoms with Crippen molar-refractivity contribution in [3.8, 4) is 0 Å². The second-order valence-electron chi connectivity index (χ2n) is 6.86. The lowest BCUT2D eigenvalue weighted by Gasteiger charge is -2.21. The van der Waals surface area contributed by atoms with Gasteiger partial charge in [0.05, 0.1) is 0 Å². The van der Waals surface area contributed by atoms with E-state index < -0.39 is 7.92 Å². The SMILES string of the molecule is Cc1ccccc1P(c1ccccc1)c1ccccc1.c1ccc2[nH]ccc2c1. The fraction of sp³-hybridized carbons (Fsp3) is 0.0370. The van der Waals surface area contributed by atoms with E-state index in [0.717, 1.165) is 0 Å². The molecule has 0 spiro atoms. The first-order chi connectivity index (χ1) is 14.3. The third-order valence-corrected chi connectivity index (χ3v) is 7.46. The predicted octanol–water partition coefficient (Wildman–Crippen LogP) is 5.92. The molecule has 0 atom stereocenters. The van der Waals surface area contributed by atoms with E-state index in [1.165, 1.54) is 32.4 Å². The lowest BCUT2D eigenvalue weighted by Crippen LogP contribution is -2.22. The Kier molecular flexibility index (Phi) is 6.19. The Morgan fingerprint density at radius 3 is 1.72 bits per heavy atom. The Hall–Kier alpha value is -3.15. The highest BCUT2D eigenvalue weighted by Gasteiger charge is 2.17. The molecule has 0 saturated heterocycles. The van der Waals surface area contributed by atoms with Gasteiger partial charge in [0.15, 0.2) is 0 Å². The van der Waals surface area contributed by atoms with E-state index in [1.54, 1.807) is 0 Å². The van der Waals surface area contributed by atoms with E-state index in [9.17, 15) is 0 Å². The molecule has 0 fully saturated rings. The number of fused-ring (bicyclic) bond motifs is 1. The molecule has 29 heavy (non-hydrogen) atoms. The van der Waals surface area contributed by atoms with Crippen LogP contribution in [0.3, 0.4) is 0 Å². The van der Waals surface area contributed by atoms with Crippen molar-refractivity contribution < 1.29 is 0 Å². The highest BCUT2D eigenvalue weighted by molar-refractivity contribution is 7.79. The minimum Gasteiger partial charge on any atom is -0.361 e. The molecule has 0 radical (unpaired) electrons. The van der Waals surface area contributed by atoms with Crippen LogP contribution in [-0.2, 0) is 0 Å². The topological polar surface area (TPSA) is 15.8 Å². The van der Waals surface area contributed by atoms with Gasteiger partial charge in [0.1, 0.15) is 0 Å². The number of nitrogens with one attached hydrogen (secondary N) is 1. The van der Waals surface area contributed by atoms with E-state index in [2.05, 4.69) is 115 Å². The molecule has 1 N–H and O–H groups in total. The summed E-state index contributed by atoms with van der Waals surface area (Å²) in [6.07, 6.45) is 1.95. The van der Waals surface area contributed by atoms with Crippen molar-refractivity contribution in [1.29, 1.82) is 0 Å². The first kappa shape index (κ1) is 19.2. The van der Waals surface area contributed by atoms with Gasteiger partial charge in [0, 0.05) is 11.7 Å². The standard InChI is InChI=1S/C19H17P.C8H7N/c1-16-10-8-9-15-19(16)20(17-11-4-2-5-12-17)18-13-6-3-7-14-18;1-2-4-8-7(3-1)5-6-9-8/h2-15H,1H3;1-6,9H. The lowest BCUT2D eigenvalue weighted by atomic mass is 10.2. The molecule has 0 bridgehead atoms. The van der Waals surface area contributed by atoms with Gasteiger partial charge in [-0.2, -0.15) is 0 Å². The zero-order valence-corrected chi connectivity index (χ0v) is 17.4. The summed E-state index contributed by atoms with van der Waals surface area (Å²) in [6, 6.07) is 40.7. The Morgan fingerprint density at radius 2 is 1.10 bits per heavy atom. The van der Waals surface area contributed by atoms with Crippen LogP contribution in [0.5, 0.6) is 0 Å². The van der Waals surface area contributed by atoms with Crippen LogP contribution in [0.15, 0.2) is 121 Å². The van der Waals surface area contributed by atoms with Crippen LogP contribution in [0.25, 0.3) is 10.9 Å². The monoisotopic (exact) mass is 393 g/mol. The Labute approximate surface area is 173 Å². The summed E-state index contributed by atoms with van der Waals surface area (Å²) in [7, 11) is -0.467. The number of para-hydroxylation sites is 1. The minimum absolute atomic E-state index is 0.467. The third-order valence-electron chi connectivity index (χ3n) is 4.85. The van der Waals surface area contributed by atoms with E-state index in [4.69, 9.17) is 0 Å². The molecule has 1 aromatic heterocycles. The van der Waals surface area contributed by atoms with Gasteiger partial charge >= 0.3 is 0 Å². The number of H-pyrrole nitrogens is 1. The van der Waals surface area contributed by atoms with Crippen molar-refractivity contribution in [1.82, 2.24) is 4.98 Å². The zero-order chi connectivity index (χ0) is 19.9. The number of aryl methyl sites for hydroxylation is 1. The van der Waals surface area contributed by atoms with Crippen LogP contribution in [0.1, 0.15) is 5.56 Å². The Morgan fingerprint density at radius 1 is 0.552 bits per heavy atom. The molecule has 0 aliphatic heterocycles. The summed E-state index contributed by atoms with van der Waals surface area (Å²) >= 11 is 0. The molecule has 0 aliphatic carbocycles. The number of benzene rings is 4. The maximum absolute atomic E-state index is 3.12. The largest absolute Gasteiger partial charge is 0.361 e. The molecule has 0 amide bonds. The maximum atomic E-state index is 3.12. The van der Waals surface area contributed by atoms with Crippen LogP contribution in [-0.4, -0.2) is 4.98 Å². The van der Waals surface area contributed by atoms with Gasteiger partial charge in [-0.3, -0.25) is 0 Å². The molecule has 5 rings (SSSR count). The van der Waals surface area contributed by atoms with Crippen LogP contribution >= 0.6 is 7.92 Å². The summed E-state index contributed by atoms with van der Waals surface area (Å²) < 4.78 is 0. The van der Waals surface area contributed by atoms with Crippen molar-refractivity contribution in [2.24, 2.45) is 0 Å². The third kappa shape index (κ3) is 4.65. The van der Waals surface area contributed by atoms with Gasteiger partial charge in [0.25, 0.3) is 0 Å². The van der Waals surface area contributed by atoms with Gasteiger partial charge in [0.2, 0.25) is 0 Å². The number of hydrogen-bond acceptors (Lipinski definition) is 0. The van der Waals surface area contributed by atoms with E-state index >= 15 is 0 Å². The molecular weight excluding hydrogens is 369 g/mol. The fourth-order valence-corrected chi connectivity index (χ4v) is 5.85. The predicted molar refractivity (Wildman–Crippen MR) is 128 cm³/mol. The van der Waals surface area contributed by atoms with Crippen LogP contribution in [0.4, 0.5) is 0 Å². The summed E-state index contributed by atoms with van der Waals surface area (Å²) in [5, 5.41) is 5.53. The van der Waals surface area contributed by atoms with Crippen molar-refractivity contribution >= 4 is 34.7 Å². The van der Waals surface area contributed by atoms with Gasteiger partial charge in [-0.15, -0.1) is 0 Å². The molecular formula is C27H24NP. The van der Waals surface area contributed by atoms with Gasteiger partial charge in [-0.25, -0.2) is 0 Å². The summed E-state index contributed by atoms with van der Waals surface area (Å²) in [4.78, 5) is 3.12. The number of aromatic nitrogens is 1. The zero-order valence-electron chi connectivity index (χ0n) is 16.5. The Bertz CT molecular complexity index is 1090. The number of hydrogen-bond donors (Lipinski definition) is 1. The van der Waals surface area contributed by atoms with Crippen LogP contribution < -0.4 is 15.9 Å². The summed E-state index contributed by atoms with van der Waals surface area (Å²) in [6.45, 7) is 2.20. The van der Waals surface area contributed by atoms with Gasteiger partial charge in [-0.05, 0) is 53.8 Å². The fourth-order valence-electron chi connectivity index (χ4n) is 3.39. The molecule has 0 saturated carbocycles. The minimum atomic E-state index is -0.467. The van der Waals surface area contributed by atoms with E-state index in [0.29, 0.717) is 0 Å². The molecule has 0 unspecified atom stereocenters. The average Bonchev–Trinajstić information content (AvgIpc) is 3.26. The first-order valence-electron chi connectivity index (χ1n) is 9.81. The molecule has 2 heteroatoms. The van der Waals surface area contributed by atoms with Crippen molar-refractivity contribution in [2.45, 2.75) is 6.92 Å². The van der Waals surface area contributed by atoms with E-state index in [-0.39, 0.29) is 0 Å². The number of aromatic amines is 1. The molecule has 142 valence electrons. The second-order valence-corrected chi connectivity index (χ2v) is 9.04. The van der Waals surface area contributed by atoms with Crippen molar-refractivity contribution in [3.05, 3.63) is 127 Å². The summed E-state index contributed by atoms with van der Waals surface area (Å²) in [5.41, 5.74) is 2.57. The maximum Gasteiger partial charge on any atom is 0.0453 e. The molecule has 5 aromatic rings. The van der Waals surface area contributed by atoms with Gasteiger partial charge in [-0.1, -0.05) is 103 Å². The molecule has 1 heterocycles. The highest BCUT2D eigenvalue weighted by Crippen LogP contribution is 2.33. The molecule has 1 nitrogen and oxygen atoms in total. The molecule has 4 aromatic carbocycles. The van der Waals surface area contributed by atoms with Crippen molar-refractivity contribution in [3.63, 3.8) is 0 Å². The molecule has 0 aliphatic rings. The second kappa shape index (κ2) is 9.37. The quantitative estimate of drug-likeness (QED) is 0.366. The normalized spacial score (nSPS) is 10.6.